The van der Waals surface area contributed by atoms with Crippen LogP contribution in [0.15, 0.2) is 53.6 Å². The van der Waals surface area contributed by atoms with Crippen molar-refractivity contribution in [1.29, 1.82) is 0 Å². The first kappa shape index (κ1) is 16.8. The van der Waals surface area contributed by atoms with Gasteiger partial charge in [0.05, 0.1) is 29.8 Å². The van der Waals surface area contributed by atoms with Gasteiger partial charge in [-0.15, -0.1) is 0 Å². The zero-order valence-corrected chi connectivity index (χ0v) is 14.9. The Hall–Kier alpha value is -3.35. The monoisotopic (exact) mass is 377 g/mol. The van der Waals surface area contributed by atoms with Gasteiger partial charge in [0.1, 0.15) is 11.9 Å². The molecule has 2 amide bonds. The third-order valence-electron chi connectivity index (χ3n) is 5.79. The lowest BCUT2D eigenvalue weighted by Crippen LogP contribution is -2.43. The zero-order chi connectivity index (χ0) is 19.6. The molecule has 0 aromatic heterocycles. The Morgan fingerprint density at radius 3 is 2.39 bits per heavy atom. The molecule has 4 atom stereocenters. The minimum absolute atomic E-state index is 0.212. The van der Waals surface area contributed by atoms with Crippen molar-refractivity contribution in [3.63, 3.8) is 0 Å². The molecule has 0 N–H and O–H groups in total. The summed E-state index contributed by atoms with van der Waals surface area (Å²) >= 11 is 0. The molecule has 0 spiro atoms. The number of halogens is 1. The first-order valence-corrected chi connectivity index (χ1v) is 9.04. The zero-order valence-electron chi connectivity index (χ0n) is 14.9. The van der Waals surface area contributed by atoms with Crippen LogP contribution in [0.1, 0.15) is 24.1 Å². The van der Waals surface area contributed by atoms with Gasteiger partial charge in [-0.2, -0.15) is 5.10 Å². The van der Waals surface area contributed by atoms with Crippen molar-refractivity contribution in [2.45, 2.75) is 19.0 Å². The van der Waals surface area contributed by atoms with E-state index in [1.807, 2.05) is 24.3 Å². The third-order valence-corrected chi connectivity index (χ3v) is 5.79. The number of imide groups is 1. The van der Waals surface area contributed by atoms with E-state index in [1.54, 1.807) is 11.2 Å². The lowest BCUT2D eigenvalue weighted by Gasteiger charge is -2.33. The molecule has 2 aromatic rings. The molecule has 2 fully saturated rings. The number of benzene rings is 2. The van der Waals surface area contributed by atoms with Crippen LogP contribution < -0.4 is 4.90 Å². The first-order chi connectivity index (χ1) is 13.5. The Balaban J connectivity index is 1.65. The molecule has 3 aliphatic rings. The van der Waals surface area contributed by atoms with Crippen molar-refractivity contribution in [2.24, 2.45) is 16.9 Å². The molecule has 5 rings (SSSR count). The summed E-state index contributed by atoms with van der Waals surface area (Å²) in [5.74, 6) is -3.02. The highest BCUT2D eigenvalue weighted by Crippen LogP contribution is 2.52. The number of hydrazone groups is 1. The van der Waals surface area contributed by atoms with Crippen LogP contribution in [0.3, 0.4) is 0 Å². The Morgan fingerprint density at radius 2 is 1.68 bits per heavy atom. The van der Waals surface area contributed by atoms with Crippen LogP contribution in [0.25, 0.3) is 0 Å². The fourth-order valence-electron chi connectivity index (χ4n) is 4.67. The van der Waals surface area contributed by atoms with Gasteiger partial charge in [0.25, 0.3) is 0 Å². The van der Waals surface area contributed by atoms with E-state index in [-0.39, 0.29) is 11.7 Å². The summed E-state index contributed by atoms with van der Waals surface area (Å²) in [7, 11) is 0. The smallest absolute Gasteiger partial charge is 0.240 e. The number of rotatable bonds is 2. The first-order valence-electron chi connectivity index (χ1n) is 9.04. The van der Waals surface area contributed by atoms with Crippen molar-refractivity contribution in [3.8, 4) is 0 Å². The van der Waals surface area contributed by atoms with E-state index in [0.717, 1.165) is 16.0 Å². The fraction of sp³-hybridized carbons (Fsp3) is 0.238. The SMILES string of the molecule is CC(=O)[C@@H]1[C@@H]2C(=O)N(c3ccc(F)cc3)C(=O)[C@@H]2[C@@H]2c3ccccc3C=NN12. The van der Waals surface area contributed by atoms with Crippen molar-refractivity contribution < 1.29 is 18.8 Å². The van der Waals surface area contributed by atoms with Crippen molar-refractivity contribution in [3.05, 3.63) is 65.5 Å². The molecule has 2 saturated heterocycles. The maximum absolute atomic E-state index is 13.3. The largest absolute Gasteiger partial charge is 0.298 e. The number of ketones is 1. The van der Waals surface area contributed by atoms with Gasteiger partial charge in [0, 0.05) is 0 Å². The topological polar surface area (TPSA) is 70.0 Å². The molecule has 28 heavy (non-hydrogen) atoms. The summed E-state index contributed by atoms with van der Waals surface area (Å²) in [5, 5.41) is 6.02. The van der Waals surface area contributed by atoms with Crippen LogP contribution in [0.4, 0.5) is 10.1 Å². The number of anilines is 1. The van der Waals surface area contributed by atoms with Crippen molar-refractivity contribution in [2.75, 3.05) is 4.90 Å². The summed E-state index contributed by atoms with van der Waals surface area (Å²) < 4.78 is 13.3. The van der Waals surface area contributed by atoms with E-state index in [2.05, 4.69) is 5.10 Å². The summed E-state index contributed by atoms with van der Waals surface area (Å²) in [5.41, 5.74) is 2.05. The highest BCUT2D eigenvalue weighted by molar-refractivity contribution is 6.24. The predicted molar refractivity (Wildman–Crippen MR) is 99.0 cm³/mol. The molecule has 0 saturated carbocycles. The lowest BCUT2D eigenvalue weighted by atomic mass is 9.84. The maximum Gasteiger partial charge on any atom is 0.240 e. The quantitative estimate of drug-likeness (QED) is 0.753. The normalized spacial score (nSPS) is 27.6. The molecule has 2 aromatic carbocycles. The Morgan fingerprint density at radius 1 is 1.00 bits per heavy atom. The van der Waals surface area contributed by atoms with Gasteiger partial charge in [-0.3, -0.25) is 19.4 Å². The molecular weight excluding hydrogens is 361 g/mol. The van der Waals surface area contributed by atoms with Crippen LogP contribution in [0.2, 0.25) is 0 Å². The van der Waals surface area contributed by atoms with E-state index in [9.17, 15) is 18.8 Å². The number of nitrogens with zero attached hydrogens (tertiary/aromatic N) is 3. The number of carbonyl (C=O) groups is 3. The average molecular weight is 377 g/mol. The second kappa shape index (κ2) is 5.82. The van der Waals surface area contributed by atoms with Gasteiger partial charge in [-0.1, -0.05) is 24.3 Å². The van der Waals surface area contributed by atoms with Crippen molar-refractivity contribution in [1.82, 2.24) is 5.01 Å². The highest BCUT2D eigenvalue weighted by atomic mass is 19.1. The van der Waals surface area contributed by atoms with Gasteiger partial charge in [-0.05, 0) is 42.3 Å². The fourth-order valence-corrected chi connectivity index (χ4v) is 4.67. The summed E-state index contributed by atoms with van der Waals surface area (Å²) in [6.45, 7) is 1.42. The maximum atomic E-state index is 13.3. The van der Waals surface area contributed by atoms with E-state index in [4.69, 9.17) is 0 Å². The van der Waals surface area contributed by atoms with E-state index >= 15 is 0 Å². The Bertz CT molecular complexity index is 1050. The molecule has 3 heterocycles. The van der Waals surface area contributed by atoms with Crippen LogP contribution in [-0.4, -0.2) is 34.9 Å². The standard InChI is InChI=1S/C21H16FN3O3/c1-11(26)18-16-17(19-15-5-3-2-4-12(15)10-23-25(18)19)21(28)24(20(16)27)14-8-6-13(22)7-9-14/h2-10,16-19H,1H3/t16-,17+,18-,19+/m1/s1. The third kappa shape index (κ3) is 2.13. The van der Waals surface area contributed by atoms with Crippen LogP contribution >= 0.6 is 0 Å². The molecule has 140 valence electrons. The van der Waals surface area contributed by atoms with Crippen molar-refractivity contribution >= 4 is 29.5 Å². The van der Waals surface area contributed by atoms with Gasteiger partial charge in [0.15, 0.2) is 5.78 Å². The molecular formula is C21H16FN3O3. The summed E-state index contributed by atoms with van der Waals surface area (Å²) in [6.07, 6.45) is 1.66. The predicted octanol–water partition coefficient (Wildman–Crippen LogP) is 2.29. The number of hydrogen-bond acceptors (Lipinski definition) is 5. The molecule has 7 heteroatoms. The Labute approximate surface area is 160 Å². The van der Waals surface area contributed by atoms with Crippen LogP contribution in [0, 0.1) is 17.7 Å². The van der Waals surface area contributed by atoms with Crippen LogP contribution in [-0.2, 0) is 14.4 Å². The molecule has 6 nitrogen and oxygen atoms in total. The highest BCUT2D eigenvalue weighted by Gasteiger charge is 2.64. The van der Waals surface area contributed by atoms with Gasteiger partial charge in [-0.25, -0.2) is 9.29 Å². The minimum Gasteiger partial charge on any atom is -0.298 e. The molecule has 3 aliphatic heterocycles. The second-order valence-electron chi connectivity index (χ2n) is 7.29. The van der Waals surface area contributed by atoms with Gasteiger partial charge < -0.3 is 0 Å². The molecule has 0 unspecified atom stereocenters. The molecule has 0 radical (unpaired) electrons. The van der Waals surface area contributed by atoms with E-state index < -0.39 is 35.6 Å². The second-order valence-corrected chi connectivity index (χ2v) is 7.29. The number of hydrogen-bond donors (Lipinski definition) is 0. The molecule has 0 bridgehead atoms. The average Bonchev–Trinajstić information content (AvgIpc) is 3.16. The minimum atomic E-state index is -0.816. The lowest BCUT2D eigenvalue weighted by molar-refractivity contribution is -0.129. The van der Waals surface area contributed by atoms with E-state index in [1.165, 1.54) is 31.2 Å². The summed E-state index contributed by atoms with van der Waals surface area (Å²) in [4.78, 5) is 40.1. The Kier molecular flexibility index (Phi) is 3.49. The summed E-state index contributed by atoms with van der Waals surface area (Å²) in [6, 6.07) is 11.5. The number of Topliss-reactive ketones (excluding diaryl/α,β-unsaturated/α-hetero) is 1. The van der Waals surface area contributed by atoms with E-state index in [0.29, 0.717) is 5.69 Å². The molecule has 0 aliphatic carbocycles. The number of amides is 2. The van der Waals surface area contributed by atoms with Gasteiger partial charge in [0.2, 0.25) is 11.8 Å². The number of carbonyl (C=O) groups excluding carboxylic acids is 3. The number of fused-ring (bicyclic) bond motifs is 5. The van der Waals surface area contributed by atoms with Crippen LogP contribution in [0.5, 0.6) is 0 Å². The van der Waals surface area contributed by atoms with Gasteiger partial charge >= 0.3 is 0 Å².